The number of fused-ring (bicyclic) bond motifs is 1. The van der Waals surface area contributed by atoms with Gasteiger partial charge in [-0.25, -0.2) is 0 Å². The molecule has 0 unspecified atom stereocenters. The Labute approximate surface area is 145 Å². The molecule has 0 radical (unpaired) electrons. The van der Waals surface area contributed by atoms with E-state index in [9.17, 15) is 0 Å². The van der Waals surface area contributed by atoms with Gasteiger partial charge in [0.2, 0.25) is 0 Å². The number of hydrogen-bond donors (Lipinski definition) is 2. The molecule has 0 saturated carbocycles. The molecule has 1 heterocycles. The summed E-state index contributed by atoms with van der Waals surface area (Å²) in [5.74, 6) is 0.757. The van der Waals surface area contributed by atoms with Gasteiger partial charge in [0.05, 0.1) is 23.6 Å². The van der Waals surface area contributed by atoms with Crippen LogP contribution in [0.4, 0.5) is 11.4 Å². The zero-order chi connectivity index (χ0) is 16.9. The smallest absolute Gasteiger partial charge is 0.0736 e. The minimum absolute atomic E-state index is 0.359. The Morgan fingerprint density at radius 3 is 2.96 bits per heavy atom. The number of aromatic nitrogens is 1. The summed E-state index contributed by atoms with van der Waals surface area (Å²) in [4.78, 5) is 4.52. The lowest BCUT2D eigenvalue weighted by molar-refractivity contribution is 0.484. The zero-order valence-corrected chi connectivity index (χ0v) is 14.9. The summed E-state index contributed by atoms with van der Waals surface area (Å²) in [7, 11) is 0. The van der Waals surface area contributed by atoms with Gasteiger partial charge in [-0.15, -0.1) is 0 Å². The van der Waals surface area contributed by atoms with Crippen LogP contribution in [0, 0.1) is 5.92 Å². The van der Waals surface area contributed by atoms with Crippen LogP contribution in [-0.2, 0) is 12.8 Å². The van der Waals surface area contributed by atoms with Crippen LogP contribution in [0.5, 0.6) is 0 Å². The fraction of sp³-hybridized carbons (Fsp3) is 0.476. The third kappa shape index (κ3) is 3.89. The van der Waals surface area contributed by atoms with Gasteiger partial charge in [0.15, 0.2) is 0 Å². The Bertz CT molecular complexity index is 681. The number of nitrogens with one attached hydrogen (secondary N) is 1. The molecule has 2 atom stereocenters. The molecule has 1 aliphatic rings. The second-order valence-electron chi connectivity index (χ2n) is 7.13. The highest BCUT2D eigenvalue weighted by Crippen LogP contribution is 2.35. The van der Waals surface area contributed by atoms with Crippen LogP contribution in [-0.4, -0.2) is 4.98 Å². The summed E-state index contributed by atoms with van der Waals surface area (Å²) in [6, 6.07) is 11.2. The van der Waals surface area contributed by atoms with E-state index in [1.165, 1.54) is 30.4 Å². The molecule has 128 valence electrons. The number of nitrogens with two attached hydrogens (primary N) is 1. The number of hydrogen-bond acceptors (Lipinski definition) is 3. The molecule has 3 rings (SSSR count). The number of nitrogen functional groups attached to an aromatic ring is 1. The molecule has 2 aromatic rings. The van der Waals surface area contributed by atoms with Crippen molar-refractivity contribution in [1.82, 2.24) is 4.98 Å². The van der Waals surface area contributed by atoms with E-state index in [-0.39, 0.29) is 0 Å². The van der Waals surface area contributed by atoms with Crippen LogP contribution in [0.1, 0.15) is 62.4 Å². The van der Waals surface area contributed by atoms with E-state index in [0.29, 0.717) is 6.04 Å². The van der Waals surface area contributed by atoms with E-state index < -0.39 is 0 Å². The maximum atomic E-state index is 6.17. The summed E-state index contributed by atoms with van der Waals surface area (Å²) < 4.78 is 0. The molecule has 3 heteroatoms. The average molecular weight is 323 g/mol. The lowest BCUT2D eigenvalue weighted by Gasteiger charge is -2.18. The second-order valence-corrected chi connectivity index (χ2v) is 7.13. The van der Waals surface area contributed by atoms with Crippen LogP contribution >= 0.6 is 0 Å². The minimum atomic E-state index is 0.359. The van der Waals surface area contributed by atoms with Gasteiger partial charge in [0, 0.05) is 5.69 Å². The Hall–Kier alpha value is -2.03. The first-order valence-electron chi connectivity index (χ1n) is 9.26. The summed E-state index contributed by atoms with van der Waals surface area (Å²) in [6.07, 6.45) is 8.84. The number of pyridine rings is 1. The Balaban J connectivity index is 1.69. The van der Waals surface area contributed by atoms with E-state index in [4.69, 9.17) is 5.73 Å². The molecule has 1 aromatic carbocycles. The molecule has 3 N–H and O–H groups in total. The number of benzene rings is 1. The first-order valence-corrected chi connectivity index (χ1v) is 9.26. The van der Waals surface area contributed by atoms with Crippen molar-refractivity contribution >= 4 is 11.4 Å². The quantitative estimate of drug-likeness (QED) is 0.742. The predicted octanol–water partition coefficient (Wildman–Crippen LogP) is 5.13. The van der Waals surface area contributed by atoms with Gasteiger partial charge in [0.25, 0.3) is 0 Å². The van der Waals surface area contributed by atoms with E-state index in [1.807, 2.05) is 6.20 Å². The summed E-state index contributed by atoms with van der Waals surface area (Å²) in [6.45, 7) is 4.58. The molecule has 0 aliphatic heterocycles. The highest BCUT2D eigenvalue weighted by molar-refractivity contribution is 5.66. The fourth-order valence-corrected chi connectivity index (χ4v) is 3.70. The predicted molar refractivity (Wildman–Crippen MR) is 102 cm³/mol. The second kappa shape index (κ2) is 7.69. The van der Waals surface area contributed by atoms with Gasteiger partial charge < -0.3 is 11.1 Å². The lowest BCUT2D eigenvalue weighted by Crippen LogP contribution is -2.10. The van der Waals surface area contributed by atoms with Gasteiger partial charge in [-0.05, 0) is 48.8 Å². The van der Waals surface area contributed by atoms with Crippen molar-refractivity contribution in [1.29, 1.82) is 0 Å². The third-order valence-corrected chi connectivity index (χ3v) is 5.13. The first kappa shape index (κ1) is 16.8. The van der Waals surface area contributed by atoms with Crippen molar-refractivity contribution in [2.75, 3.05) is 11.1 Å². The van der Waals surface area contributed by atoms with Crippen molar-refractivity contribution in [3.8, 4) is 0 Å². The number of aryl methyl sites for hydroxylation is 2. The summed E-state index contributed by atoms with van der Waals surface area (Å²) >= 11 is 0. The van der Waals surface area contributed by atoms with E-state index in [2.05, 4.69) is 54.5 Å². The zero-order valence-electron chi connectivity index (χ0n) is 14.9. The SMILES string of the molecule is CCC[C@H](C)CCc1cc(N[C@@H]2CCc3ccccc32)c(N)cn1. The maximum Gasteiger partial charge on any atom is 0.0736 e. The molecule has 3 nitrogen and oxygen atoms in total. The lowest BCUT2D eigenvalue weighted by atomic mass is 9.99. The van der Waals surface area contributed by atoms with Crippen molar-refractivity contribution in [2.24, 2.45) is 5.92 Å². The van der Waals surface area contributed by atoms with Gasteiger partial charge in [-0.3, -0.25) is 4.98 Å². The number of anilines is 2. The Morgan fingerprint density at radius 2 is 2.12 bits per heavy atom. The van der Waals surface area contributed by atoms with Gasteiger partial charge >= 0.3 is 0 Å². The van der Waals surface area contributed by atoms with E-state index in [0.717, 1.165) is 42.2 Å². The fourth-order valence-electron chi connectivity index (χ4n) is 3.70. The molecule has 0 spiro atoms. The van der Waals surface area contributed by atoms with Crippen LogP contribution < -0.4 is 11.1 Å². The van der Waals surface area contributed by atoms with Crippen molar-refractivity contribution in [2.45, 2.75) is 58.4 Å². The molecule has 0 saturated heterocycles. The van der Waals surface area contributed by atoms with E-state index in [1.54, 1.807) is 0 Å². The highest BCUT2D eigenvalue weighted by atomic mass is 15.0. The van der Waals surface area contributed by atoms with E-state index >= 15 is 0 Å². The Kier molecular flexibility index (Phi) is 5.39. The van der Waals surface area contributed by atoms with Crippen LogP contribution in [0.15, 0.2) is 36.5 Å². The molecule has 1 aliphatic carbocycles. The normalized spacial score (nSPS) is 17.5. The van der Waals surface area contributed by atoms with Crippen molar-refractivity contribution in [3.63, 3.8) is 0 Å². The van der Waals surface area contributed by atoms with Gasteiger partial charge in [0.1, 0.15) is 0 Å². The third-order valence-electron chi connectivity index (χ3n) is 5.13. The summed E-state index contributed by atoms with van der Waals surface area (Å²) in [5.41, 5.74) is 11.9. The summed E-state index contributed by atoms with van der Waals surface area (Å²) in [5, 5.41) is 3.65. The molecule has 24 heavy (non-hydrogen) atoms. The monoisotopic (exact) mass is 323 g/mol. The molecule has 1 aromatic heterocycles. The molecule has 0 bridgehead atoms. The van der Waals surface area contributed by atoms with Crippen molar-refractivity contribution < 1.29 is 0 Å². The topological polar surface area (TPSA) is 50.9 Å². The number of nitrogens with zero attached hydrogens (tertiary/aromatic N) is 1. The van der Waals surface area contributed by atoms with Crippen LogP contribution in [0.3, 0.4) is 0 Å². The minimum Gasteiger partial charge on any atom is -0.396 e. The molecular weight excluding hydrogens is 294 g/mol. The van der Waals surface area contributed by atoms with Gasteiger partial charge in [-0.1, -0.05) is 51.0 Å². The standard InChI is InChI=1S/C21H29N3/c1-3-6-15(2)9-11-17-13-21(19(22)14-23-17)24-20-12-10-16-7-4-5-8-18(16)20/h4-5,7-8,13-15,20H,3,6,9-12,22H2,1-2H3,(H,23,24)/t15-,20+/m0/s1. The molecular formula is C21H29N3. The molecule has 0 fully saturated rings. The number of rotatable bonds is 7. The highest BCUT2D eigenvalue weighted by Gasteiger charge is 2.22. The average Bonchev–Trinajstić information content (AvgIpc) is 2.99. The Morgan fingerprint density at radius 1 is 1.29 bits per heavy atom. The maximum absolute atomic E-state index is 6.17. The van der Waals surface area contributed by atoms with Crippen molar-refractivity contribution in [3.05, 3.63) is 53.3 Å². The van der Waals surface area contributed by atoms with Crippen LogP contribution in [0.25, 0.3) is 0 Å². The largest absolute Gasteiger partial charge is 0.396 e. The first-order chi connectivity index (χ1) is 11.7. The van der Waals surface area contributed by atoms with Crippen LogP contribution in [0.2, 0.25) is 0 Å². The van der Waals surface area contributed by atoms with Gasteiger partial charge in [-0.2, -0.15) is 0 Å². The molecule has 0 amide bonds.